The van der Waals surface area contributed by atoms with E-state index in [0.717, 1.165) is 5.56 Å². The second kappa shape index (κ2) is 4.14. The molecule has 0 amide bonds. The molecule has 2 aromatic rings. The summed E-state index contributed by atoms with van der Waals surface area (Å²) in [5.41, 5.74) is 2.32. The van der Waals surface area contributed by atoms with Gasteiger partial charge in [0.05, 0.1) is 12.1 Å². The first-order chi connectivity index (χ1) is 8.34. The zero-order valence-electron chi connectivity index (χ0n) is 9.24. The molecule has 0 saturated heterocycles. The lowest BCUT2D eigenvalue weighted by atomic mass is 10.1. The van der Waals surface area contributed by atoms with E-state index >= 15 is 0 Å². The van der Waals surface area contributed by atoms with E-state index in [2.05, 4.69) is 15.3 Å². The van der Waals surface area contributed by atoms with Crippen molar-refractivity contribution in [2.75, 3.05) is 5.32 Å². The lowest BCUT2D eigenvalue weighted by molar-refractivity contribution is 0.165. The molecule has 1 heterocycles. The first kappa shape index (κ1) is 10.2. The molecule has 0 bridgehead atoms. The molecular weight excluding hydrogens is 214 g/mol. The smallest absolute Gasteiger partial charge is 0.223 e. The molecule has 0 saturated carbocycles. The maximum Gasteiger partial charge on any atom is 0.223 e. The standard InChI is InChI=1S/C13H13N3O/c17-11-8-9-4-1-2-5-10(9)12(11)16-13-14-6-3-7-15-13/h1-7,11-12,17H,8H2,(H,14,15,16)/t11-,12-/m0/s1. The highest BCUT2D eigenvalue weighted by Crippen LogP contribution is 2.33. The van der Waals surface area contributed by atoms with Crippen molar-refractivity contribution in [3.05, 3.63) is 53.9 Å². The Morgan fingerprint density at radius 2 is 1.88 bits per heavy atom. The van der Waals surface area contributed by atoms with Gasteiger partial charge in [-0.05, 0) is 17.2 Å². The zero-order chi connectivity index (χ0) is 11.7. The van der Waals surface area contributed by atoms with Crippen LogP contribution in [-0.2, 0) is 6.42 Å². The van der Waals surface area contributed by atoms with E-state index < -0.39 is 6.10 Å². The van der Waals surface area contributed by atoms with Crippen LogP contribution in [0.5, 0.6) is 0 Å². The Balaban J connectivity index is 1.89. The normalized spacial score (nSPS) is 22.2. The second-order valence-corrected chi connectivity index (χ2v) is 4.16. The Labute approximate surface area is 99.4 Å². The molecule has 0 unspecified atom stereocenters. The SMILES string of the molecule is O[C@H]1Cc2ccccc2[C@@H]1Nc1ncccn1. The number of hydrogen-bond donors (Lipinski definition) is 2. The van der Waals surface area contributed by atoms with E-state index in [9.17, 15) is 5.11 Å². The number of anilines is 1. The summed E-state index contributed by atoms with van der Waals surface area (Å²) in [6.45, 7) is 0. The molecule has 0 fully saturated rings. The minimum absolute atomic E-state index is 0.117. The predicted octanol–water partition coefficient (Wildman–Crippen LogP) is 1.55. The van der Waals surface area contributed by atoms with Crippen molar-refractivity contribution in [3.63, 3.8) is 0 Å². The maximum absolute atomic E-state index is 10.1. The molecule has 0 radical (unpaired) electrons. The van der Waals surface area contributed by atoms with Crippen LogP contribution in [0.2, 0.25) is 0 Å². The number of aliphatic hydroxyl groups is 1. The van der Waals surface area contributed by atoms with Crippen molar-refractivity contribution in [1.29, 1.82) is 0 Å². The number of benzene rings is 1. The van der Waals surface area contributed by atoms with Gasteiger partial charge in [0.2, 0.25) is 5.95 Å². The third-order valence-corrected chi connectivity index (χ3v) is 3.05. The average Bonchev–Trinajstić information content (AvgIpc) is 2.68. The molecular formula is C13H13N3O. The summed E-state index contributed by atoms with van der Waals surface area (Å²) >= 11 is 0. The zero-order valence-corrected chi connectivity index (χ0v) is 9.24. The first-order valence-electron chi connectivity index (χ1n) is 5.64. The van der Waals surface area contributed by atoms with Gasteiger partial charge < -0.3 is 10.4 Å². The van der Waals surface area contributed by atoms with Crippen LogP contribution in [0.1, 0.15) is 17.2 Å². The van der Waals surface area contributed by atoms with Gasteiger partial charge in [-0.25, -0.2) is 9.97 Å². The van der Waals surface area contributed by atoms with Gasteiger partial charge >= 0.3 is 0 Å². The van der Waals surface area contributed by atoms with Crippen LogP contribution < -0.4 is 5.32 Å². The Kier molecular flexibility index (Phi) is 2.49. The van der Waals surface area contributed by atoms with E-state index in [-0.39, 0.29) is 6.04 Å². The van der Waals surface area contributed by atoms with Gasteiger partial charge in [-0.1, -0.05) is 24.3 Å². The number of aromatic nitrogens is 2. The van der Waals surface area contributed by atoms with Crippen LogP contribution in [0.4, 0.5) is 5.95 Å². The van der Waals surface area contributed by atoms with E-state index in [1.54, 1.807) is 18.5 Å². The van der Waals surface area contributed by atoms with E-state index in [1.165, 1.54) is 5.56 Å². The second-order valence-electron chi connectivity index (χ2n) is 4.16. The maximum atomic E-state index is 10.1. The molecule has 1 aliphatic carbocycles. The summed E-state index contributed by atoms with van der Waals surface area (Å²) in [7, 11) is 0. The fourth-order valence-corrected chi connectivity index (χ4v) is 2.26. The van der Waals surface area contributed by atoms with Gasteiger partial charge in [-0.3, -0.25) is 0 Å². The van der Waals surface area contributed by atoms with E-state index in [4.69, 9.17) is 0 Å². The van der Waals surface area contributed by atoms with Gasteiger partial charge in [-0.2, -0.15) is 0 Å². The van der Waals surface area contributed by atoms with Gasteiger partial charge in [0.25, 0.3) is 0 Å². The summed E-state index contributed by atoms with van der Waals surface area (Å²) in [4.78, 5) is 8.23. The number of nitrogens with zero attached hydrogens (tertiary/aromatic N) is 2. The third-order valence-electron chi connectivity index (χ3n) is 3.05. The minimum atomic E-state index is -0.420. The predicted molar refractivity (Wildman–Crippen MR) is 64.5 cm³/mol. The highest BCUT2D eigenvalue weighted by molar-refractivity contribution is 5.42. The first-order valence-corrected chi connectivity index (χ1v) is 5.64. The number of aliphatic hydroxyl groups excluding tert-OH is 1. The van der Waals surface area contributed by atoms with Crippen molar-refractivity contribution >= 4 is 5.95 Å². The van der Waals surface area contributed by atoms with Gasteiger partial charge in [0, 0.05) is 18.8 Å². The topological polar surface area (TPSA) is 58.0 Å². The summed E-state index contributed by atoms with van der Waals surface area (Å²) in [6, 6.07) is 9.71. The van der Waals surface area contributed by atoms with Gasteiger partial charge in [0.1, 0.15) is 0 Å². The molecule has 4 heteroatoms. The minimum Gasteiger partial charge on any atom is -0.390 e. The van der Waals surface area contributed by atoms with Crippen molar-refractivity contribution < 1.29 is 5.11 Å². The van der Waals surface area contributed by atoms with Crippen LogP contribution >= 0.6 is 0 Å². The van der Waals surface area contributed by atoms with Crippen LogP contribution in [0, 0.1) is 0 Å². The van der Waals surface area contributed by atoms with Crippen LogP contribution in [0.15, 0.2) is 42.7 Å². The summed E-state index contributed by atoms with van der Waals surface area (Å²) in [5, 5.41) is 13.2. The molecule has 1 aromatic carbocycles. The Morgan fingerprint density at radius 3 is 2.71 bits per heavy atom. The summed E-state index contributed by atoms with van der Waals surface area (Å²) in [6.07, 6.45) is 3.63. The van der Waals surface area contributed by atoms with Crippen LogP contribution in [-0.4, -0.2) is 21.2 Å². The fourth-order valence-electron chi connectivity index (χ4n) is 2.26. The molecule has 86 valence electrons. The molecule has 2 atom stereocenters. The van der Waals surface area contributed by atoms with Gasteiger partial charge in [0.15, 0.2) is 0 Å². The molecule has 0 aliphatic heterocycles. The van der Waals surface area contributed by atoms with E-state index in [1.807, 2.05) is 24.3 Å². The Morgan fingerprint density at radius 1 is 1.12 bits per heavy atom. The number of nitrogens with one attached hydrogen (secondary N) is 1. The van der Waals surface area contributed by atoms with E-state index in [0.29, 0.717) is 12.4 Å². The molecule has 17 heavy (non-hydrogen) atoms. The van der Waals surface area contributed by atoms with Gasteiger partial charge in [-0.15, -0.1) is 0 Å². The van der Waals surface area contributed by atoms with Crippen molar-refractivity contribution in [1.82, 2.24) is 9.97 Å². The van der Waals surface area contributed by atoms with Crippen molar-refractivity contribution in [2.24, 2.45) is 0 Å². The summed E-state index contributed by atoms with van der Waals surface area (Å²) in [5.74, 6) is 0.549. The van der Waals surface area contributed by atoms with Crippen LogP contribution in [0.25, 0.3) is 0 Å². The number of rotatable bonds is 2. The fraction of sp³-hybridized carbons (Fsp3) is 0.231. The molecule has 0 spiro atoms. The highest BCUT2D eigenvalue weighted by Gasteiger charge is 2.30. The average molecular weight is 227 g/mol. The molecule has 4 nitrogen and oxygen atoms in total. The van der Waals surface area contributed by atoms with Crippen molar-refractivity contribution in [3.8, 4) is 0 Å². The lowest BCUT2D eigenvalue weighted by Gasteiger charge is -2.17. The van der Waals surface area contributed by atoms with Crippen LogP contribution in [0.3, 0.4) is 0 Å². The third kappa shape index (κ3) is 1.87. The molecule has 2 N–H and O–H groups in total. The lowest BCUT2D eigenvalue weighted by Crippen LogP contribution is -2.22. The Bertz CT molecular complexity index is 515. The number of fused-ring (bicyclic) bond motifs is 1. The molecule has 1 aliphatic rings. The monoisotopic (exact) mass is 227 g/mol. The molecule has 1 aromatic heterocycles. The van der Waals surface area contributed by atoms with Crippen molar-refractivity contribution in [2.45, 2.75) is 18.6 Å². The number of hydrogen-bond acceptors (Lipinski definition) is 4. The molecule has 3 rings (SSSR count). The highest BCUT2D eigenvalue weighted by atomic mass is 16.3. The Hall–Kier alpha value is -1.94. The quantitative estimate of drug-likeness (QED) is 0.817. The summed E-state index contributed by atoms with van der Waals surface area (Å²) < 4.78 is 0. The largest absolute Gasteiger partial charge is 0.390 e.